The van der Waals surface area contributed by atoms with Crippen LogP contribution in [0.4, 0.5) is 0 Å². The average Bonchev–Trinajstić information content (AvgIpc) is 2.33. The second-order valence-corrected chi connectivity index (χ2v) is 5.16. The summed E-state index contributed by atoms with van der Waals surface area (Å²) in [4.78, 5) is 15.4. The Hall–Kier alpha value is -1.39. The Balaban J connectivity index is 2.39. The lowest BCUT2D eigenvalue weighted by molar-refractivity contribution is -0.116. The molecule has 1 rings (SSSR count). The molecule has 104 valence electrons. The second kappa shape index (κ2) is 7.92. The molecule has 1 unspecified atom stereocenters. The predicted molar refractivity (Wildman–Crippen MR) is 76.8 cm³/mol. The van der Waals surface area contributed by atoms with E-state index >= 15 is 0 Å². The number of hydrogen-bond donors (Lipinski definition) is 2. The van der Waals surface area contributed by atoms with Crippen LogP contribution in [0, 0.1) is 5.92 Å². The smallest absolute Gasteiger partial charge is 0.244 e. The highest BCUT2D eigenvalue weighted by molar-refractivity contribution is 6.29. The Morgan fingerprint density at radius 3 is 2.95 bits per heavy atom. The molecule has 1 aromatic rings. The number of amides is 1. The SMILES string of the molecule is CC(C)CC(O)CNC(=O)/C=C/c1ccnc(Cl)c1. The van der Waals surface area contributed by atoms with E-state index in [2.05, 4.69) is 10.3 Å². The zero-order chi connectivity index (χ0) is 14.3. The van der Waals surface area contributed by atoms with Gasteiger partial charge in [0.25, 0.3) is 0 Å². The molecule has 0 saturated carbocycles. The number of aliphatic hydroxyl groups is 1. The van der Waals surface area contributed by atoms with Gasteiger partial charge in [-0.15, -0.1) is 0 Å². The van der Waals surface area contributed by atoms with Crippen LogP contribution in [0.25, 0.3) is 6.08 Å². The first kappa shape index (κ1) is 15.7. The molecule has 1 amide bonds. The number of hydrogen-bond acceptors (Lipinski definition) is 3. The fourth-order valence-electron chi connectivity index (χ4n) is 1.60. The van der Waals surface area contributed by atoms with Crippen LogP contribution in [-0.2, 0) is 4.79 Å². The van der Waals surface area contributed by atoms with E-state index in [1.54, 1.807) is 24.4 Å². The largest absolute Gasteiger partial charge is 0.391 e. The Morgan fingerprint density at radius 2 is 2.32 bits per heavy atom. The monoisotopic (exact) mass is 282 g/mol. The molecular formula is C14H19ClN2O2. The lowest BCUT2D eigenvalue weighted by atomic mass is 10.1. The van der Waals surface area contributed by atoms with E-state index < -0.39 is 6.10 Å². The highest BCUT2D eigenvalue weighted by Gasteiger charge is 2.07. The van der Waals surface area contributed by atoms with Gasteiger partial charge in [-0.25, -0.2) is 4.98 Å². The Kier molecular flexibility index (Phi) is 6.53. The van der Waals surface area contributed by atoms with E-state index in [4.69, 9.17) is 11.6 Å². The molecule has 0 saturated heterocycles. The van der Waals surface area contributed by atoms with Crippen molar-refractivity contribution in [2.24, 2.45) is 5.92 Å². The van der Waals surface area contributed by atoms with Crippen LogP contribution in [0.2, 0.25) is 5.15 Å². The van der Waals surface area contributed by atoms with E-state index in [0.29, 0.717) is 17.5 Å². The van der Waals surface area contributed by atoms with Crippen LogP contribution < -0.4 is 5.32 Å². The summed E-state index contributed by atoms with van der Waals surface area (Å²) >= 11 is 5.73. The molecular weight excluding hydrogens is 264 g/mol. The van der Waals surface area contributed by atoms with Crippen molar-refractivity contribution < 1.29 is 9.90 Å². The van der Waals surface area contributed by atoms with Crippen LogP contribution in [0.15, 0.2) is 24.4 Å². The zero-order valence-corrected chi connectivity index (χ0v) is 11.9. The molecule has 4 nitrogen and oxygen atoms in total. The molecule has 19 heavy (non-hydrogen) atoms. The second-order valence-electron chi connectivity index (χ2n) is 4.77. The summed E-state index contributed by atoms with van der Waals surface area (Å²) in [7, 11) is 0. The topological polar surface area (TPSA) is 62.2 Å². The summed E-state index contributed by atoms with van der Waals surface area (Å²) in [6, 6.07) is 3.42. The third-order valence-electron chi connectivity index (χ3n) is 2.43. The van der Waals surface area contributed by atoms with Crippen molar-refractivity contribution in [2.45, 2.75) is 26.4 Å². The van der Waals surface area contributed by atoms with Gasteiger partial charge in [-0.3, -0.25) is 4.79 Å². The van der Waals surface area contributed by atoms with Crippen molar-refractivity contribution in [3.8, 4) is 0 Å². The Morgan fingerprint density at radius 1 is 1.58 bits per heavy atom. The summed E-state index contributed by atoms with van der Waals surface area (Å²) in [5.74, 6) is 0.164. The molecule has 2 N–H and O–H groups in total. The van der Waals surface area contributed by atoms with E-state index in [1.165, 1.54) is 6.08 Å². The molecule has 0 aliphatic rings. The van der Waals surface area contributed by atoms with E-state index in [0.717, 1.165) is 5.56 Å². The zero-order valence-electron chi connectivity index (χ0n) is 11.1. The summed E-state index contributed by atoms with van der Waals surface area (Å²) in [5.41, 5.74) is 0.804. The highest BCUT2D eigenvalue weighted by Crippen LogP contribution is 2.08. The first-order chi connectivity index (χ1) is 8.97. The van der Waals surface area contributed by atoms with Crippen LogP contribution in [0.3, 0.4) is 0 Å². The van der Waals surface area contributed by atoms with Gasteiger partial charge in [0.1, 0.15) is 5.15 Å². The molecule has 0 aromatic carbocycles. The average molecular weight is 283 g/mol. The third kappa shape index (κ3) is 6.94. The van der Waals surface area contributed by atoms with Crippen molar-refractivity contribution in [2.75, 3.05) is 6.54 Å². The van der Waals surface area contributed by atoms with Crippen LogP contribution in [0.5, 0.6) is 0 Å². The number of pyridine rings is 1. The summed E-state index contributed by atoms with van der Waals surface area (Å²) in [6.07, 6.45) is 4.80. The number of carbonyl (C=O) groups is 1. The number of carbonyl (C=O) groups excluding carboxylic acids is 1. The summed E-state index contributed by atoms with van der Waals surface area (Å²) < 4.78 is 0. The van der Waals surface area contributed by atoms with Gasteiger partial charge >= 0.3 is 0 Å². The number of aromatic nitrogens is 1. The maximum atomic E-state index is 11.5. The Labute approximate surface area is 118 Å². The fraction of sp³-hybridized carbons (Fsp3) is 0.429. The van der Waals surface area contributed by atoms with E-state index in [9.17, 15) is 9.90 Å². The van der Waals surface area contributed by atoms with Crippen molar-refractivity contribution in [3.05, 3.63) is 35.1 Å². The Bertz CT molecular complexity index is 447. The first-order valence-electron chi connectivity index (χ1n) is 6.23. The van der Waals surface area contributed by atoms with Gasteiger partial charge in [-0.1, -0.05) is 25.4 Å². The molecule has 1 aromatic heterocycles. The van der Waals surface area contributed by atoms with Crippen molar-refractivity contribution >= 4 is 23.6 Å². The van der Waals surface area contributed by atoms with Crippen molar-refractivity contribution in [1.82, 2.24) is 10.3 Å². The van der Waals surface area contributed by atoms with Crippen molar-refractivity contribution in [3.63, 3.8) is 0 Å². The number of aliphatic hydroxyl groups excluding tert-OH is 1. The van der Waals surface area contributed by atoms with Gasteiger partial charge in [0.15, 0.2) is 0 Å². The predicted octanol–water partition coefficient (Wildman–Crippen LogP) is 2.27. The minimum atomic E-state index is -0.507. The summed E-state index contributed by atoms with van der Waals surface area (Å²) in [5, 5.41) is 12.7. The molecule has 0 spiro atoms. The molecule has 1 atom stereocenters. The number of nitrogens with one attached hydrogen (secondary N) is 1. The van der Waals surface area contributed by atoms with Gasteiger partial charge in [-0.2, -0.15) is 0 Å². The molecule has 0 aliphatic heterocycles. The molecule has 0 bridgehead atoms. The maximum Gasteiger partial charge on any atom is 0.244 e. The molecule has 5 heteroatoms. The molecule has 1 heterocycles. The third-order valence-corrected chi connectivity index (χ3v) is 2.64. The molecule has 0 fully saturated rings. The fourth-order valence-corrected chi connectivity index (χ4v) is 1.78. The van der Waals surface area contributed by atoms with Gasteiger partial charge in [0.05, 0.1) is 6.10 Å². The van der Waals surface area contributed by atoms with Gasteiger partial charge in [0, 0.05) is 18.8 Å². The quantitative estimate of drug-likeness (QED) is 0.621. The van der Waals surface area contributed by atoms with Crippen molar-refractivity contribution in [1.29, 1.82) is 0 Å². The van der Waals surface area contributed by atoms with E-state index in [-0.39, 0.29) is 12.5 Å². The molecule has 0 radical (unpaired) electrons. The number of rotatable bonds is 6. The lowest BCUT2D eigenvalue weighted by Crippen LogP contribution is -2.31. The lowest BCUT2D eigenvalue weighted by Gasteiger charge is -2.12. The maximum absolute atomic E-state index is 11.5. The standard InChI is InChI=1S/C14H19ClN2O2/c1-10(2)7-12(18)9-17-14(19)4-3-11-5-6-16-13(15)8-11/h3-6,8,10,12,18H,7,9H2,1-2H3,(H,17,19)/b4-3+. The minimum Gasteiger partial charge on any atom is -0.391 e. The van der Waals surface area contributed by atoms with Gasteiger partial charge in [-0.05, 0) is 36.1 Å². The number of nitrogens with zero attached hydrogens (tertiary/aromatic N) is 1. The van der Waals surface area contributed by atoms with Gasteiger partial charge < -0.3 is 10.4 Å². The van der Waals surface area contributed by atoms with Crippen LogP contribution in [0.1, 0.15) is 25.8 Å². The first-order valence-corrected chi connectivity index (χ1v) is 6.60. The highest BCUT2D eigenvalue weighted by atomic mass is 35.5. The summed E-state index contributed by atoms with van der Waals surface area (Å²) in [6.45, 7) is 4.31. The minimum absolute atomic E-state index is 0.240. The van der Waals surface area contributed by atoms with Crippen LogP contribution >= 0.6 is 11.6 Å². The molecule has 0 aliphatic carbocycles. The van der Waals surface area contributed by atoms with E-state index in [1.807, 2.05) is 13.8 Å². The normalized spacial score (nSPS) is 12.9. The van der Waals surface area contributed by atoms with Crippen LogP contribution in [-0.4, -0.2) is 28.6 Å². The van der Waals surface area contributed by atoms with Gasteiger partial charge in [0.2, 0.25) is 5.91 Å². The number of halogens is 1.